The largest absolute Gasteiger partial charge is 0.455 e. The highest BCUT2D eigenvalue weighted by atomic mass is 32.1. The summed E-state index contributed by atoms with van der Waals surface area (Å²) in [6.07, 6.45) is 0. The molecule has 0 unspecified atom stereocenters. The van der Waals surface area contributed by atoms with Gasteiger partial charge in [-0.3, -0.25) is 0 Å². The lowest BCUT2D eigenvalue weighted by atomic mass is 9.91. The summed E-state index contributed by atoms with van der Waals surface area (Å²) in [6.45, 7) is 0. The van der Waals surface area contributed by atoms with Gasteiger partial charge in [-0.05, 0) is 98.0 Å². The number of hydrogen-bond donors (Lipinski definition) is 0. The van der Waals surface area contributed by atoms with Gasteiger partial charge in [0, 0.05) is 37.6 Å². The second-order valence-corrected chi connectivity index (χ2v) is 14.0. The average molecular weight is 642 g/mol. The third kappa shape index (κ3) is 3.94. The van der Waals surface area contributed by atoms with Crippen molar-refractivity contribution in [2.75, 3.05) is 4.90 Å². The van der Waals surface area contributed by atoms with E-state index in [9.17, 15) is 0 Å². The van der Waals surface area contributed by atoms with Crippen LogP contribution in [0, 0.1) is 0 Å². The lowest BCUT2D eigenvalue weighted by Gasteiger charge is -2.27. The number of para-hydroxylation sites is 2. The minimum absolute atomic E-state index is 0.911. The van der Waals surface area contributed by atoms with Crippen molar-refractivity contribution in [3.63, 3.8) is 0 Å². The zero-order valence-electron chi connectivity index (χ0n) is 26.4. The maximum absolute atomic E-state index is 6.63. The van der Waals surface area contributed by atoms with Gasteiger partial charge in [0.1, 0.15) is 11.2 Å². The number of fused-ring (bicyclic) bond motifs is 7. The molecule has 0 aliphatic rings. The Morgan fingerprint density at radius 3 is 1.90 bits per heavy atom. The fourth-order valence-corrected chi connectivity index (χ4v) is 9.17. The lowest BCUT2D eigenvalue weighted by molar-refractivity contribution is 0.673. The third-order valence-electron chi connectivity index (χ3n) is 10.1. The van der Waals surface area contributed by atoms with Gasteiger partial charge in [0.2, 0.25) is 0 Å². The van der Waals surface area contributed by atoms with Crippen LogP contribution in [-0.4, -0.2) is 0 Å². The molecule has 9 aromatic carbocycles. The Balaban J connectivity index is 1.18. The Hall–Kier alpha value is -6.16. The van der Waals surface area contributed by atoms with Gasteiger partial charge in [0.05, 0.1) is 10.4 Å². The summed E-state index contributed by atoms with van der Waals surface area (Å²) in [6, 6.07) is 59.5. The number of thiophene rings is 1. The molecular formula is C46H27NOS. The quantitative estimate of drug-likeness (QED) is 0.178. The Morgan fingerprint density at radius 1 is 0.429 bits per heavy atom. The van der Waals surface area contributed by atoms with Crippen molar-refractivity contribution in [1.82, 2.24) is 0 Å². The van der Waals surface area contributed by atoms with Crippen molar-refractivity contribution in [2.45, 2.75) is 0 Å². The van der Waals surface area contributed by atoms with Crippen LogP contribution in [0.1, 0.15) is 0 Å². The predicted octanol–water partition coefficient (Wildman–Crippen LogP) is 14.0. The summed E-state index contributed by atoms with van der Waals surface area (Å²) in [5.74, 6) is 0. The fraction of sp³-hybridized carbons (Fsp3) is 0. The maximum atomic E-state index is 6.63. The molecule has 0 aliphatic heterocycles. The van der Waals surface area contributed by atoms with E-state index in [4.69, 9.17) is 4.42 Å². The highest BCUT2D eigenvalue weighted by Crippen LogP contribution is 2.50. The Kier molecular flexibility index (Phi) is 5.57. The SMILES string of the molecule is c1ccc(N(c2cccc(-c3cc4ccc5cccc6ccc(c3)c4c56)c2)c2cc3c4ccccc4oc3c3c2sc2ccccc23)cc1. The van der Waals surface area contributed by atoms with Crippen molar-refractivity contribution in [3.05, 3.63) is 164 Å². The number of anilines is 3. The van der Waals surface area contributed by atoms with Crippen LogP contribution in [0.25, 0.3) is 85.6 Å². The maximum Gasteiger partial charge on any atom is 0.144 e. The number of rotatable bonds is 4. The Labute approximate surface area is 286 Å². The average Bonchev–Trinajstić information content (AvgIpc) is 3.73. The van der Waals surface area contributed by atoms with Crippen molar-refractivity contribution < 1.29 is 4.42 Å². The zero-order chi connectivity index (χ0) is 32.1. The van der Waals surface area contributed by atoms with E-state index in [0.717, 1.165) is 39.0 Å². The van der Waals surface area contributed by atoms with Gasteiger partial charge in [-0.1, -0.05) is 109 Å². The van der Waals surface area contributed by atoms with Crippen molar-refractivity contribution in [3.8, 4) is 11.1 Å². The molecule has 0 atom stereocenters. The monoisotopic (exact) mass is 641 g/mol. The molecule has 0 bridgehead atoms. The van der Waals surface area contributed by atoms with E-state index >= 15 is 0 Å². The summed E-state index contributed by atoms with van der Waals surface area (Å²) >= 11 is 1.83. The Morgan fingerprint density at radius 2 is 1.08 bits per heavy atom. The van der Waals surface area contributed by atoms with E-state index < -0.39 is 0 Å². The zero-order valence-corrected chi connectivity index (χ0v) is 27.2. The summed E-state index contributed by atoms with van der Waals surface area (Å²) in [5, 5.41) is 12.5. The smallest absolute Gasteiger partial charge is 0.144 e. The minimum Gasteiger partial charge on any atom is -0.455 e. The van der Waals surface area contributed by atoms with Crippen LogP contribution in [0.2, 0.25) is 0 Å². The summed E-state index contributed by atoms with van der Waals surface area (Å²) in [4.78, 5) is 2.42. The molecule has 0 radical (unpaired) electrons. The molecule has 3 heteroatoms. The van der Waals surface area contributed by atoms with Crippen LogP contribution in [0.3, 0.4) is 0 Å². The molecule has 0 N–H and O–H groups in total. The number of hydrogen-bond acceptors (Lipinski definition) is 3. The van der Waals surface area contributed by atoms with Crippen LogP contribution in [-0.2, 0) is 0 Å². The molecule has 0 spiro atoms. The molecule has 2 aromatic heterocycles. The Bertz CT molecular complexity index is 3000. The van der Waals surface area contributed by atoms with Crippen LogP contribution in [0.15, 0.2) is 168 Å². The van der Waals surface area contributed by atoms with Crippen LogP contribution in [0.4, 0.5) is 17.1 Å². The molecule has 0 saturated heterocycles. The standard InChI is InChI=1S/C46H27NOS/c1-2-13-34(14-3-1)47(39-27-38-36-16-4-6-18-40(36)48-45(38)44-37-17-5-7-19-41(37)49-46(39)44)35-15-9-12-30(26-35)33-24-31-22-20-28-10-8-11-29-21-23-32(25-33)43(31)42(28)29/h1-27H. The summed E-state index contributed by atoms with van der Waals surface area (Å²) < 4.78 is 9.09. The van der Waals surface area contributed by atoms with Gasteiger partial charge in [0.15, 0.2) is 0 Å². The first-order valence-electron chi connectivity index (χ1n) is 16.7. The number of nitrogens with zero attached hydrogens (tertiary/aromatic N) is 1. The second kappa shape index (κ2) is 10.2. The third-order valence-corrected chi connectivity index (χ3v) is 11.3. The van der Waals surface area contributed by atoms with Gasteiger partial charge in [-0.2, -0.15) is 0 Å². The minimum atomic E-state index is 0.911. The van der Waals surface area contributed by atoms with Crippen LogP contribution < -0.4 is 4.90 Å². The second-order valence-electron chi connectivity index (χ2n) is 12.9. The lowest BCUT2D eigenvalue weighted by Crippen LogP contribution is -2.10. The molecular weight excluding hydrogens is 615 g/mol. The normalized spacial score (nSPS) is 12.1. The van der Waals surface area contributed by atoms with Gasteiger partial charge in [-0.25, -0.2) is 0 Å². The molecule has 11 aromatic rings. The molecule has 11 rings (SSSR count). The van der Waals surface area contributed by atoms with E-state index in [1.807, 2.05) is 11.3 Å². The molecule has 2 nitrogen and oxygen atoms in total. The van der Waals surface area contributed by atoms with Crippen molar-refractivity contribution in [1.29, 1.82) is 0 Å². The first kappa shape index (κ1) is 26.9. The van der Waals surface area contributed by atoms with Crippen molar-refractivity contribution in [2.24, 2.45) is 0 Å². The topological polar surface area (TPSA) is 16.4 Å². The van der Waals surface area contributed by atoms with Gasteiger partial charge < -0.3 is 9.32 Å². The van der Waals surface area contributed by atoms with E-state index in [1.54, 1.807) is 0 Å². The summed E-state index contributed by atoms with van der Waals surface area (Å²) in [5.41, 5.74) is 7.63. The van der Waals surface area contributed by atoms with Crippen LogP contribution >= 0.6 is 11.3 Å². The molecule has 0 aliphatic carbocycles. The van der Waals surface area contributed by atoms with E-state index in [2.05, 4.69) is 169 Å². The van der Waals surface area contributed by atoms with E-state index in [1.165, 1.54) is 63.6 Å². The molecule has 0 saturated carbocycles. The molecule has 0 amide bonds. The van der Waals surface area contributed by atoms with Gasteiger partial charge >= 0.3 is 0 Å². The highest BCUT2D eigenvalue weighted by molar-refractivity contribution is 7.26. The van der Waals surface area contributed by atoms with Crippen LogP contribution in [0.5, 0.6) is 0 Å². The predicted molar refractivity (Wildman–Crippen MR) is 210 cm³/mol. The van der Waals surface area contributed by atoms with Crippen molar-refractivity contribution >= 4 is 103 Å². The fourth-order valence-electron chi connectivity index (χ4n) is 7.96. The first-order valence-corrected chi connectivity index (χ1v) is 17.5. The molecule has 49 heavy (non-hydrogen) atoms. The molecule has 0 fully saturated rings. The number of benzene rings is 9. The van der Waals surface area contributed by atoms with Gasteiger partial charge in [-0.15, -0.1) is 11.3 Å². The first-order chi connectivity index (χ1) is 24.3. The number of furan rings is 1. The molecule has 2 heterocycles. The van der Waals surface area contributed by atoms with E-state index in [0.29, 0.717) is 0 Å². The molecule has 228 valence electrons. The summed E-state index contributed by atoms with van der Waals surface area (Å²) in [7, 11) is 0. The van der Waals surface area contributed by atoms with Gasteiger partial charge in [0.25, 0.3) is 0 Å². The van der Waals surface area contributed by atoms with E-state index in [-0.39, 0.29) is 0 Å². The highest BCUT2D eigenvalue weighted by Gasteiger charge is 2.23.